The van der Waals surface area contributed by atoms with Gasteiger partial charge in [-0.1, -0.05) is 0 Å². The first-order chi connectivity index (χ1) is 12.1. The van der Waals surface area contributed by atoms with Gasteiger partial charge in [-0.3, -0.25) is 14.1 Å². The molecule has 0 aliphatic rings. The molecule has 0 saturated heterocycles. The Kier molecular flexibility index (Phi) is 8.48. The van der Waals surface area contributed by atoms with Crippen LogP contribution in [0.25, 0.3) is 0 Å². The van der Waals surface area contributed by atoms with Crippen molar-refractivity contribution in [3.63, 3.8) is 0 Å². The Morgan fingerprint density at radius 2 is 1.50 bits per heavy atom. The van der Waals surface area contributed by atoms with E-state index >= 15 is 0 Å². The van der Waals surface area contributed by atoms with Gasteiger partial charge in [0, 0.05) is 35.7 Å². The summed E-state index contributed by atoms with van der Waals surface area (Å²) in [5.74, 6) is -1.57. The van der Waals surface area contributed by atoms with Crippen molar-refractivity contribution >= 4 is 38.3 Å². The van der Waals surface area contributed by atoms with Crippen LogP contribution in [0.1, 0.15) is 33.6 Å². The number of amides is 2. The van der Waals surface area contributed by atoms with E-state index in [0.717, 1.165) is 0 Å². The van der Waals surface area contributed by atoms with Gasteiger partial charge in [-0.25, -0.2) is 8.42 Å². The lowest BCUT2D eigenvalue weighted by atomic mass is 10.1. The minimum atomic E-state index is -4.09. The molecule has 1 aromatic rings. The van der Waals surface area contributed by atoms with Crippen LogP contribution in [0.5, 0.6) is 0 Å². The molecule has 10 nitrogen and oxygen atoms in total. The Bertz CT molecular complexity index is 827. The molecule has 5 N–H and O–H groups in total. The van der Waals surface area contributed by atoms with Crippen LogP contribution in [0.15, 0.2) is 18.2 Å². The normalized spacial score (nSPS) is 11.3. The highest BCUT2D eigenvalue weighted by molar-refractivity contribution is 7.85. The summed E-state index contributed by atoms with van der Waals surface area (Å²) in [7, 11) is -6.59. The smallest absolute Gasteiger partial charge is 0.264 e. The van der Waals surface area contributed by atoms with Gasteiger partial charge in [-0.2, -0.15) is 8.42 Å². The molecule has 0 saturated carbocycles. The predicted molar refractivity (Wildman–Crippen MR) is 96.4 cm³/mol. The van der Waals surface area contributed by atoms with Crippen LogP contribution in [0.4, 0.5) is 5.69 Å². The highest BCUT2D eigenvalue weighted by Gasteiger charge is 2.12. The summed E-state index contributed by atoms with van der Waals surface area (Å²) in [4.78, 5) is 24.1. The molecule has 0 spiro atoms. The standard InChI is InChI=1S/C14H21N3O7S2/c15-12-8-10(13(18)16-3-1-5-25(20)21)7-11(9-12)14(19)17-4-2-6-26(22,23)24/h7-9,25H,1-6,15H2,(H,16,18)(H,17,19)(H,22,23,24). The molecule has 12 heteroatoms. The maximum atomic E-state index is 12.1. The molecule has 0 bridgehead atoms. The van der Waals surface area contributed by atoms with Crippen molar-refractivity contribution in [3.05, 3.63) is 29.3 Å². The zero-order chi connectivity index (χ0) is 19.7. The zero-order valence-electron chi connectivity index (χ0n) is 13.8. The lowest BCUT2D eigenvalue weighted by molar-refractivity contribution is 0.0953. The summed E-state index contributed by atoms with van der Waals surface area (Å²) in [6.07, 6.45) is 0.302. The van der Waals surface area contributed by atoms with E-state index in [-0.39, 0.29) is 48.5 Å². The van der Waals surface area contributed by atoms with E-state index in [1.807, 2.05) is 0 Å². The lowest BCUT2D eigenvalue weighted by Crippen LogP contribution is -2.28. The first-order valence-corrected chi connectivity index (χ1v) is 10.6. The summed E-state index contributed by atoms with van der Waals surface area (Å²) >= 11 is 0. The molecule has 0 heterocycles. The van der Waals surface area contributed by atoms with Gasteiger partial charge in [0.05, 0.1) is 5.75 Å². The highest BCUT2D eigenvalue weighted by atomic mass is 32.2. The third-order valence-electron chi connectivity index (χ3n) is 3.15. The fraction of sp³-hybridized carbons (Fsp3) is 0.429. The Morgan fingerprint density at radius 1 is 1.00 bits per heavy atom. The first kappa shape index (κ1) is 21.9. The molecule has 0 aliphatic carbocycles. The second-order valence-corrected chi connectivity index (χ2v) is 8.09. The van der Waals surface area contributed by atoms with Gasteiger partial charge < -0.3 is 16.4 Å². The van der Waals surface area contributed by atoms with E-state index in [1.54, 1.807) is 0 Å². The molecule has 0 radical (unpaired) electrons. The molecule has 0 atom stereocenters. The third kappa shape index (κ3) is 8.78. The molecule has 146 valence electrons. The lowest BCUT2D eigenvalue weighted by Gasteiger charge is -2.09. The van der Waals surface area contributed by atoms with Gasteiger partial charge >= 0.3 is 0 Å². The van der Waals surface area contributed by atoms with E-state index in [2.05, 4.69) is 10.6 Å². The minimum Gasteiger partial charge on any atom is -0.399 e. The minimum absolute atomic E-state index is 0.0162. The summed E-state index contributed by atoms with van der Waals surface area (Å²) in [5, 5.41) is 4.99. The van der Waals surface area contributed by atoms with E-state index in [0.29, 0.717) is 0 Å². The topological polar surface area (TPSA) is 173 Å². The monoisotopic (exact) mass is 407 g/mol. The second kappa shape index (κ2) is 10.1. The van der Waals surface area contributed by atoms with Crippen LogP contribution < -0.4 is 16.4 Å². The van der Waals surface area contributed by atoms with Gasteiger partial charge in [-0.05, 0) is 31.0 Å². The molecule has 1 rings (SSSR count). The van der Waals surface area contributed by atoms with Gasteiger partial charge in [0.25, 0.3) is 21.9 Å². The number of anilines is 1. The number of nitrogen functional groups attached to an aromatic ring is 1. The van der Waals surface area contributed by atoms with Crippen molar-refractivity contribution < 1.29 is 31.0 Å². The maximum Gasteiger partial charge on any atom is 0.264 e. The van der Waals surface area contributed by atoms with Crippen molar-refractivity contribution in [2.45, 2.75) is 12.8 Å². The summed E-state index contributed by atoms with van der Waals surface area (Å²) in [5.41, 5.74) is 6.13. The molecule has 0 fully saturated rings. The molecule has 0 aliphatic heterocycles. The Hall–Kier alpha value is -2.18. The number of benzene rings is 1. The number of rotatable bonds is 10. The van der Waals surface area contributed by atoms with Crippen molar-refractivity contribution in [1.82, 2.24) is 10.6 Å². The molecular weight excluding hydrogens is 386 g/mol. The van der Waals surface area contributed by atoms with Crippen molar-refractivity contribution in [2.24, 2.45) is 0 Å². The number of thiol groups is 1. The van der Waals surface area contributed by atoms with E-state index in [4.69, 9.17) is 10.3 Å². The highest BCUT2D eigenvalue weighted by Crippen LogP contribution is 2.12. The van der Waals surface area contributed by atoms with Crippen LogP contribution in [-0.4, -0.2) is 57.8 Å². The van der Waals surface area contributed by atoms with Gasteiger partial charge in [0.15, 0.2) is 0 Å². The van der Waals surface area contributed by atoms with Crippen LogP contribution >= 0.6 is 0 Å². The Balaban J connectivity index is 2.64. The summed E-state index contributed by atoms with van der Waals surface area (Å²) < 4.78 is 50.7. The first-order valence-electron chi connectivity index (χ1n) is 7.62. The molecule has 2 amide bonds. The van der Waals surface area contributed by atoms with Gasteiger partial charge in [-0.15, -0.1) is 0 Å². The SMILES string of the molecule is Nc1cc(C(=O)NCCC[SH](=O)=O)cc(C(=O)NCCCS(=O)(=O)O)c1. The van der Waals surface area contributed by atoms with Crippen LogP contribution in [0, 0.1) is 0 Å². The number of carbonyl (C=O) groups is 2. The second-order valence-electron chi connectivity index (χ2n) is 5.40. The molecule has 1 aromatic carbocycles. The number of nitrogens with two attached hydrogens (primary N) is 1. The molecule has 0 aromatic heterocycles. The van der Waals surface area contributed by atoms with Crippen molar-refractivity contribution in [1.29, 1.82) is 0 Å². The number of carbonyl (C=O) groups excluding carboxylic acids is 2. The van der Waals surface area contributed by atoms with Crippen molar-refractivity contribution in [3.8, 4) is 0 Å². The average molecular weight is 407 g/mol. The van der Waals surface area contributed by atoms with Crippen LogP contribution in [-0.2, 0) is 20.8 Å². The summed E-state index contributed by atoms with van der Waals surface area (Å²) in [6.45, 7) is 0.177. The predicted octanol–water partition coefficient (Wildman–Crippen LogP) is -0.992. The summed E-state index contributed by atoms with van der Waals surface area (Å²) in [6, 6.07) is 4.05. The molecular formula is C14H21N3O7S2. The number of nitrogens with one attached hydrogen (secondary N) is 2. The van der Waals surface area contributed by atoms with Crippen molar-refractivity contribution in [2.75, 3.05) is 30.3 Å². The zero-order valence-corrected chi connectivity index (χ0v) is 15.5. The largest absolute Gasteiger partial charge is 0.399 e. The fourth-order valence-electron chi connectivity index (χ4n) is 1.98. The van der Waals surface area contributed by atoms with Crippen LogP contribution in [0.2, 0.25) is 0 Å². The number of hydrogen-bond donors (Lipinski definition) is 5. The Labute approximate surface area is 152 Å². The average Bonchev–Trinajstić information content (AvgIpc) is 2.53. The van der Waals surface area contributed by atoms with E-state index in [9.17, 15) is 26.4 Å². The molecule has 0 unspecified atom stereocenters. The van der Waals surface area contributed by atoms with Gasteiger partial charge in [0.1, 0.15) is 10.7 Å². The van der Waals surface area contributed by atoms with Gasteiger partial charge in [0.2, 0.25) is 0 Å². The molecule has 26 heavy (non-hydrogen) atoms. The number of hydrogen-bond acceptors (Lipinski definition) is 7. The maximum absolute atomic E-state index is 12.1. The Morgan fingerprint density at radius 3 is 1.96 bits per heavy atom. The quantitative estimate of drug-likeness (QED) is 0.142. The van der Waals surface area contributed by atoms with E-state index < -0.39 is 38.4 Å². The third-order valence-corrected chi connectivity index (χ3v) is 4.63. The van der Waals surface area contributed by atoms with E-state index in [1.165, 1.54) is 18.2 Å². The van der Waals surface area contributed by atoms with Crippen LogP contribution in [0.3, 0.4) is 0 Å². The fourth-order valence-corrected chi connectivity index (χ4v) is 2.91.